The quantitative estimate of drug-likeness (QED) is 0.856. The van der Waals surface area contributed by atoms with Crippen molar-refractivity contribution in [3.63, 3.8) is 0 Å². The van der Waals surface area contributed by atoms with Crippen LogP contribution in [-0.2, 0) is 6.42 Å². The first kappa shape index (κ1) is 13.3. The Bertz CT molecular complexity index is 545. The lowest BCUT2D eigenvalue weighted by molar-refractivity contribution is 0.253. The maximum absolute atomic E-state index is 4.79. The highest BCUT2D eigenvalue weighted by Gasteiger charge is 2.19. The van der Waals surface area contributed by atoms with E-state index in [0.717, 1.165) is 12.2 Å². The summed E-state index contributed by atoms with van der Waals surface area (Å²) in [5.74, 6) is 1.54. The van der Waals surface area contributed by atoms with Gasteiger partial charge in [-0.05, 0) is 44.6 Å². The Morgan fingerprint density at radius 1 is 1.10 bits per heavy atom. The maximum Gasteiger partial charge on any atom is 0.132 e. The summed E-state index contributed by atoms with van der Waals surface area (Å²) < 4.78 is 0. The predicted molar refractivity (Wildman–Crippen MR) is 80.8 cm³/mol. The van der Waals surface area contributed by atoms with Gasteiger partial charge in [-0.25, -0.2) is 9.97 Å². The highest BCUT2D eigenvalue weighted by atomic mass is 15.1. The van der Waals surface area contributed by atoms with Crippen LogP contribution >= 0.6 is 0 Å². The molecule has 3 rings (SSSR count). The lowest BCUT2D eigenvalue weighted by Crippen LogP contribution is -2.29. The van der Waals surface area contributed by atoms with Gasteiger partial charge in [0.2, 0.25) is 0 Å². The number of benzene rings is 1. The molecular formula is C17H21N3. The summed E-state index contributed by atoms with van der Waals surface area (Å²) in [5.41, 5.74) is 2.49. The van der Waals surface area contributed by atoms with Crippen molar-refractivity contribution in [2.24, 2.45) is 0 Å². The Morgan fingerprint density at radius 3 is 2.60 bits per heavy atom. The molecule has 0 radical (unpaired) electrons. The smallest absolute Gasteiger partial charge is 0.132 e. The standard InChI is InChI=1S/C17H21N3/c1-20-11-8-15(9-12-20)16-7-10-18-17(19-16)13-14-5-3-2-4-6-14/h2-7,10,15H,8-9,11-13H2,1H3. The topological polar surface area (TPSA) is 29.0 Å². The van der Waals surface area contributed by atoms with E-state index in [0.29, 0.717) is 5.92 Å². The molecule has 0 N–H and O–H groups in total. The van der Waals surface area contributed by atoms with Crippen LogP contribution < -0.4 is 0 Å². The van der Waals surface area contributed by atoms with Crippen LogP contribution in [0.1, 0.15) is 35.8 Å². The Hall–Kier alpha value is -1.74. The maximum atomic E-state index is 4.79. The summed E-state index contributed by atoms with van der Waals surface area (Å²) in [6.45, 7) is 2.34. The molecule has 1 aromatic heterocycles. The number of piperidine rings is 1. The molecule has 0 amide bonds. The van der Waals surface area contributed by atoms with E-state index in [4.69, 9.17) is 4.98 Å². The zero-order valence-electron chi connectivity index (χ0n) is 12.0. The summed E-state index contributed by atoms with van der Waals surface area (Å²) >= 11 is 0. The third kappa shape index (κ3) is 3.23. The second-order valence-electron chi connectivity index (χ2n) is 5.64. The molecule has 0 saturated carbocycles. The van der Waals surface area contributed by atoms with Crippen LogP contribution in [0.2, 0.25) is 0 Å². The van der Waals surface area contributed by atoms with Crippen molar-refractivity contribution in [2.45, 2.75) is 25.2 Å². The normalized spacial score (nSPS) is 17.2. The third-order valence-electron chi connectivity index (χ3n) is 4.07. The summed E-state index contributed by atoms with van der Waals surface area (Å²) in [6, 6.07) is 12.5. The highest BCUT2D eigenvalue weighted by molar-refractivity contribution is 5.20. The molecular weight excluding hydrogens is 246 g/mol. The van der Waals surface area contributed by atoms with E-state index in [2.05, 4.69) is 47.3 Å². The first-order chi connectivity index (χ1) is 9.81. The van der Waals surface area contributed by atoms with Crippen molar-refractivity contribution in [1.29, 1.82) is 0 Å². The summed E-state index contributed by atoms with van der Waals surface area (Å²) in [4.78, 5) is 11.6. The predicted octanol–water partition coefficient (Wildman–Crippen LogP) is 2.88. The molecule has 3 nitrogen and oxygen atoms in total. The molecule has 0 atom stereocenters. The minimum Gasteiger partial charge on any atom is -0.306 e. The molecule has 104 valence electrons. The first-order valence-corrected chi connectivity index (χ1v) is 7.35. The van der Waals surface area contributed by atoms with Gasteiger partial charge in [0.05, 0.1) is 0 Å². The van der Waals surface area contributed by atoms with Gasteiger partial charge in [0.15, 0.2) is 0 Å². The molecule has 20 heavy (non-hydrogen) atoms. The van der Waals surface area contributed by atoms with E-state index in [9.17, 15) is 0 Å². The van der Waals surface area contributed by atoms with Gasteiger partial charge in [-0.2, -0.15) is 0 Å². The fourth-order valence-electron chi connectivity index (χ4n) is 2.81. The van der Waals surface area contributed by atoms with Crippen molar-refractivity contribution in [3.8, 4) is 0 Å². The number of likely N-dealkylation sites (tertiary alicyclic amines) is 1. The number of aromatic nitrogens is 2. The highest BCUT2D eigenvalue weighted by Crippen LogP contribution is 2.25. The van der Waals surface area contributed by atoms with E-state index in [1.807, 2.05) is 12.3 Å². The second-order valence-corrected chi connectivity index (χ2v) is 5.64. The lowest BCUT2D eigenvalue weighted by Gasteiger charge is -2.28. The van der Waals surface area contributed by atoms with Gasteiger partial charge in [-0.3, -0.25) is 0 Å². The minimum absolute atomic E-state index is 0.601. The SMILES string of the molecule is CN1CCC(c2ccnc(Cc3ccccc3)n2)CC1. The van der Waals surface area contributed by atoms with Gasteiger partial charge in [-0.15, -0.1) is 0 Å². The van der Waals surface area contributed by atoms with E-state index in [1.165, 1.54) is 37.2 Å². The van der Waals surface area contributed by atoms with Crippen LogP contribution in [0, 0.1) is 0 Å². The zero-order valence-corrected chi connectivity index (χ0v) is 12.0. The number of hydrogen-bond acceptors (Lipinski definition) is 3. The van der Waals surface area contributed by atoms with Gasteiger partial charge in [0.1, 0.15) is 5.82 Å². The molecule has 1 aliphatic heterocycles. The Kier molecular flexibility index (Phi) is 4.07. The largest absolute Gasteiger partial charge is 0.306 e. The molecule has 0 spiro atoms. The molecule has 0 unspecified atom stereocenters. The Balaban J connectivity index is 1.73. The summed E-state index contributed by atoms with van der Waals surface area (Å²) in [6.07, 6.45) is 5.15. The second kappa shape index (κ2) is 6.14. The third-order valence-corrected chi connectivity index (χ3v) is 4.07. The van der Waals surface area contributed by atoms with Crippen LogP contribution in [-0.4, -0.2) is 35.0 Å². The lowest BCUT2D eigenvalue weighted by atomic mass is 9.93. The molecule has 1 aliphatic rings. The van der Waals surface area contributed by atoms with Gasteiger partial charge in [0, 0.05) is 24.2 Å². The van der Waals surface area contributed by atoms with E-state index in [-0.39, 0.29) is 0 Å². The van der Waals surface area contributed by atoms with Crippen LogP contribution in [0.5, 0.6) is 0 Å². The minimum atomic E-state index is 0.601. The Morgan fingerprint density at radius 2 is 1.85 bits per heavy atom. The zero-order chi connectivity index (χ0) is 13.8. The van der Waals surface area contributed by atoms with Crippen molar-refractivity contribution < 1.29 is 0 Å². The number of hydrogen-bond donors (Lipinski definition) is 0. The summed E-state index contributed by atoms with van der Waals surface area (Å²) in [7, 11) is 2.19. The first-order valence-electron chi connectivity index (χ1n) is 7.35. The average Bonchev–Trinajstić information content (AvgIpc) is 2.49. The van der Waals surface area contributed by atoms with Crippen LogP contribution in [0.15, 0.2) is 42.6 Å². The van der Waals surface area contributed by atoms with Crippen molar-refractivity contribution >= 4 is 0 Å². The average molecular weight is 267 g/mol. The number of rotatable bonds is 3. The van der Waals surface area contributed by atoms with Gasteiger partial charge < -0.3 is 4.90 Å². The molecule has 1 fully saturated rings. The van der Waals surface area contributed by atoms with Crippen LogP contribution in [0.25, 0.3) is 0 Å². The fourth-order valence-corrected chi connectivity index (χ4v) is 2.81. The fraction of sp³-hybridized carbons (Fsp3) is 0.412. The van der Waals surface area contributed by atoms with Crippen LogP contribution in [0.4, 0.5) is 0 Å². The molecule has 2 heterocycles. The van der Waals surface area contributed by atoms with Crippen LogP contribution in [0.3, 0.4) is 0 Å². The van der Waals surface area contributed by atoms with E-state index >= 15 is 0 Å². The number of nitrogens with zero attached hydrogens (tertiary/aromatic N) is 3. The molecule has 1 aromatic carbocycles. The van der Waals surface area contributed by atoms with E-state index < -0.39 is 0 Å². The van der Waals surface area contributed by atoms with E-state index in [1.54, 1.807) is 0 Å². The van der Waals surface area contributed by atoms with Crippen molar-refractivity contribution in [3.05, 3.63) is 59.7 Å². The Labute approximate surface area is 120 Å². The van der Waals surface area contributed by atoms with Crippen molar-refractivity contribution in [2.75, 3.05) is 20.1 Å². The monoisotopic (exact) mass is 267 g/mol. The molecule has 3 heteroatoms. The molecule has 0 bridgehead atoms. The summed E-state index contributed by atoms with van der Waals surface area (Å²) in [5, 5.41) is 0. The van der Waals surface area contributed by atoms with Crippen molar-refractivity contribution in [1.82, 2.24) is 14.9 Å². The van der Waals surface area contributed by atoms with Gasteiger partial charge >= 0.3 is 0 Å². The van der Waals surface area contributed by atoms with Gasteiger partial charge in [0.25, 0.3) is 0 Å². The van der Waals surface area contributed by atoms with Gasteiger partial charge in [-0.1, -0.05) is 30.3 Å². The molecule has 2 aromatic rings. The molecule has 0 aliphatic carbocycles. The molecule has 1 saturated heterocycles.